The Labute approximate surface area is 55.5 Å². The second-order valence-electron chi connectivity index (χ2n) is 1.54. The molecule has 0 saturated heterocycles. The van der Waals surface area contributed by atoms with Gasteiger partial charge >= 0.3 is 0 Å². The van der Waals surface area contributed by atoms with Crippen molar-refractivity contribution in [2.75, 3.05) is 6.54 Å². The molecule has 0 bridgehead atoms. The van der Waals surface area contributed by atoms with E-state index in [0.717, 1.165) is 0 Å². The van der Waals surface area contributed by atoms with Crippen LogP contribution in [0, 0.1) is 0 Å². The molecule has 50 valence electrons. The number of nitrogens with two attached hydrogens (primary N) is 2. The van der Waals surface area contributed by atoms with E-state index < -0.39 is 0 Å². The zero-order chi connectivity index (χ0) is 7.11. The summed E-state index contributed by atoms with van der Waals surface area (Å²) in [5.41, 5.74) is 11.3. The Morgan fingerprint density at radius 2 is 2.22 bits per heavy atom. The molecule has 0 aliphatic carbocycles. The van der Waals surface area contributed by atoms with Crippen LogP contribution in [0.3, 0.4) is 0 Å². The Balaban J connectivity index is 3.74. The average molecular weight is 124 g/mol. The molecule has 9 heavy (non-hydrogen) atoms. The largest absolute Gasteiger partial charge is 0.399 e. The van der Waals surface area contributed by atoms with Crippen LogP contribution in [0.4, 0.5) is 0 Å². The fourth-order valence-electron chi connectivity index (χ4n) is 0.396. The van der Waals surface area contributed by atoms with Crippen molar-refractivity contribution < 1.29 is 0 Å². The van der Waals surface area contributed by atoms with E-state index >= 15 is 0 Å². The van der Waals surface area contributed by atoms with Gasteiger partial charge in [-0.1, -0.05) is 18.7 Å². The lowest BCUT2D eigenvalue weighted by molar-refractivity contribution is 1.24. The summed E-state index contributed by atoms with van der Waals surface area (Å²) < 4.78 is 0. The molecule has 2 nitrogen and oxygen atoms in total. The van der Waals surface area contributed by atoms with Gasteiger partial charge in [0.25, 0.3) is 0 Å². The van der Waals surface area contributed by atoms with E-state index in [4.69, 9.17) is 11.5 Å². The maximum atomic E-state index is 5.42. The van der Waals surface area contributed by atoms with Crippen molar-refractivity contribution in [2.45, 2.75) is 0 Å². The second kappa shape index (κ2) is 5.12. The number of hydrogen-bond donors (Lipinski definition) is 2. The predicted molar refractivity (Wildman–Crippen MR) is 40.7 cm³/mol. The van der Waals surface area contributed by atoms with Crippen molar-refractivity contribution in [1.82, 2.24) is 0 Å². The molecule has 0 aromatic rings. The molecule has 0 aliphatic rings. The summed E-state index contributed by atoms with van der Waals surface area (Å²) in [5.74, 6) is 0. The first-order chi connectivity index (χ1) is 4.31. The van der Waals surface area contributed by atoms with Gasteiger partial charge in [-0.3, -0.25) is 0 Å². The molecule has 0 fully saturated rings. The van der Waals surface area contributed by atoms with Gasteiger partial charge in [-0.25, -0.2) is 0 Å². The maximum absolute atomic E-state index is 5.42. The highest BCUT2D eigenvalue weighted by molar-refractivity contribution is 5.19. The van der Waals surface area contributed by atoms with E-state index in [1.165, 1.54) is 0 Å². The molecule has 0 atom stereocenters. The molecule has 4 N–H and O–H groups in total. The first-order valence-electron chi connectivity index (χ1n) is 2.76. The first kappa shape index (κ1) is 7.98. The van der Waals surface area contributed by atoms with Gasteiger partial charge in [0.05, 0.1) is 0 Å². The van der Waals surface area contributed by atoms with E-state index in [1.807, 2.05) is 0 Å². The van der Waals surface area contributed by atoms with Crippen LogP contribution < -0.4 is 11.5 Å². The maximum Gasteiger partial charge on any atom is 0.0311 e. The zero-order valence-corrected chi connectivity index (χ0v) is 5.38. The van der Waals surface area contributed by atoms with Crippen LogP contribution in [0.1, 0.15) is 0 Å². The number of hydrogen-bond acceptors (Lipinski definition) is 2. The van der Waals surface area contributed by atoms with Crippen molar-refractivity contribution in [3.63, 3.8) is 0 Å². The Morgan fingerprint density at radius 1 is 1.56 bits per heavy atom. The van der Waals surface area contributed by atoms with Gasteiger partial charge in [-0.15, -0.1) is 0 Å². The minimum atomic E-state index is 0.520. The molecule has 0 unspecified atom stereocenters. The topological polar surface area (TPSA) is 52.0 Å². The van der Waals surface area contributed by atoms with Gasteiger partial charge < -0.3 is 11.5 Å². The number of allylic oxidation sites excluding steroid dienone is 3. The molecule has 0 spiro atoms. The zero-order valence-electron chi connectivity index (χ0n) is 5.38. The minimum absolute atomic E-state index is 0.520. The lowest BCUT2D eigenvalue weighted by Crippen LogP contribution is -1.96. The van der Waals surface area contributed by atoms with Crippen molar-refractivity contribution >= 4 is 0 Å². The SMILES string of the molecule is C=C/C=C(N)\C=C/CN. The van der Waals surface area contributed by atoms with Crippen LogP contribution in [0.5, 0.6) is 0 Å². The van der Waals surface area contributed by atoms with Gasteiger partial charge in [-0.2, -0.15) is 0 Å². The smallest absolute Gasteiger partial charge is 0.0311 e. The van der Waals surface area contributed by atoms with E-state index in [0.29, 0.717) is 12.2 Å². The minimum Gasteiger partial charge on any atom is -0.399 e. The van der Waals surface area contributed by atoms with Crippen molar-refractivity contribution in [3.05, 3.63) is 36.6 Å². The van der Waals surface area contributed by atoms with Crippen LogP contribution in [0.15, 0.2) is 36.6 Å². The summed E-state index contributed by atoms with van der Waals surface area (Å²) in [6, 6.07) is 0. The average Bonchev–Trinajstić information content (AvgIpc) is 1.85. The fourth-order valence-corrected chi connectivity index (χ4v) is 0.396. The summed E-state index contributed by atoms with van der Waals surface area (Å²) in [4.78, 5) is 0. The Kier molecular flexibility index (Phi) is 4.54. The molecule has 2 heteroatoms. The van der Waals surface area contributed by atoms with Crippen molar-refractivity contribution in [3.8, 4) is 0 Å². The monoisotopic (exact) mass is 124 g/mol. The molecule has 0 aliphatic heterocycles. The molecular weight excluding hydrogens is 112 g/mol. The Bertz CT molecular complexity index is 134. The van der Waals surface area contributed by atoms with Crippen LogP contribution in [-0.4, -0.2) is 6.54 Å². The van der Waals surface area contributed by atoms with Gasteiger partial charge in [0.1, 0.15) is 0 Å². The predicted octanol–water partition coefficient (Wildman–Crippen LogP) is 0.530. The fraction of sp³-hybridized carbons (Fsp3) is 0.143. The summed E-state index contributed by atoms with van der Waals surface area (Å²) in [6.45, 7) is 4.01. The molecule has 0 aromatic heterocycles. The van der Waals surface area contributed by atoms with Gasteiger partial charge in [-0.05, 0) is 12.2 Å². The van der Waals surface area contributed by atoms with E-state index in [1.54, 1.807) is 24.3 Å². The van der Waals surface area contributed by atoms with E-state index in [2.05, 4.69) is 6.58 Å². The van der Waals surface area contributed by atoms with Crippen LogP contribution >= 0.6 is 0 Å². The summed E-state index contributed by atoms with van der Waals surface area (Å²) in [7, 11) is 0. The lowest BCUT2D eigenvalue weighted by atomic mass is 10.3. The third-order valence-electron chi connectivity index (χ3n) is 0.757. The highest BCUT2D eigenvalue weighted by Gasteiger charge is 1.74. The quantitative estimate of drug-likeness (QED) is 0.539. The number of rotatable bonds is 3. The van der Waals surface area contributed by atoms with Crippen LogP contribution in [-0.2, 0) is 0 Å². The standard InChI is InChI=1S/C7H12N2/c1-2-4-7(9)5-3-6-8/h2-5H,1,6,8-9H2/b5-3-,7-4+. The summed E-state index contributed by atoms with van der Waals surface area (Å²) in [5, 5.41) is 0. The van der Waals surface area contributed by atoms with Gasteiger partial charge in [0.2, 0.25) is 0 Å². The van der Waals surface area contributed by atoms with Crippen molar-refractivity contribution in [1.29, 1.82) is 0 Å². The summed E-state index contributed by atoms with van der Waals surface area (Å²) >= 11 is 0. The molecule has 0 amide bonds. The van der Waals surface area contributed by atoms with Crippen LogP contribution in [0.2, 0.25) is 0 Å². The molecular formula is C7H12N2. The third-order valence-corrected chi connectivity index (χ3v) is 0.757. The second-order valence-corrected chi connectivity index (χ2v) is 1.54. The Morgan fingerprint density at radius 3 is 2.67 bits per heavy atom. The summed E-state index contributed by atoms with van der Waals surface area (Å²) in [6.07, 6.45) is 6.89. The molecule has 0 aromatic carbocycles. The Hall–Kier alpha value is -1.02. The third kappa shape index (κ3) is 4.84. The van der Waals surface area contributed by atoms with Gasteiger partial charge in [0, 0.05) is 12.2 Å². The van der Waals surface area contributed by atoms with E-state index in [9.17, 15) is 0 Å². The van der Waals surface area contributed by atoms with Crippen LogP contribution in [0.25, 0.3) is 0 Å². The lowest BCUT2D eigenvalue weighted by Gasteiger charge is -1.86. The highest BCUT2D eigenvalue weighted by atomic mass is 14.6. The first-order valence-corrected chi connectivity index (χ1v) is 2.76. The molecule has 0 rings (SSSR count). The van der Waals surface area contributed by atoms with E-state index in [-0.39, 0.29) is 0 Å². The van der Waals surface area contributed by atoms with Crippen molar-refractivity contribution in [2.24, 2.45) is 11.5 Å². The highest BCUT2D eigenvalue weighted by Crippen LogP contribution is 1.84. The molecule has 0 saturated carbocycles. The normalized spacial score (nSPS) is 12.3. The van der Waals surface area contributed by atoms with Gasteiger partial charge in [0.15, 0.2) is 0 Å². The molecule has 0 heterocycles. The molecule has 0 radical (unpaired) electrons.